The maximum atomic E-state index is 12.1. The largest absolute Gasteiger partial charge is 0.358 e. The SMILES string of the molecule is Cc1[nH]c2ccccc2c1CCNCc1ccc(C=CC(=O)NN2CCCCC2)cc1. The molecule has 0 atom stereocenters. The van der Waals surface area contributed by atoms with E-state index in [2.05, 4.69) is 71.2 Å². The monoisotopic (exact) mass is 416 g/mol. The lowest BCUT2D eigenvalue weighted by molar-refractivity contribution is -0.121. The van der Waals surface area contributed by atoms with Crippen LogP contribution in [0, 0.1) is 6.92 Å². The molecule has 0 aliphatic carbocycles. The van der Waals surface area contributed by atoms with Gasteiger partial charge in [-0.3, -0.25) is 10.2 Å². The highest BCUT2D eigenvalue weighted by molar-refractivity contribution is 5.91. The first kappa shape index (κ1) is 21.3. The average molecular weight is 417 g/mol. The number of carbonyl (C=O) groups is 1. The Kier molecular flexibility index (Phi) is 7.18. The number of aromatic nitrogens is 1. The van der Waals surface area contributed by atoms with Crippen molar-refractivity contribution in [2.45, 2.75) is 39.2 Å². The van der Waals surface area contributed by atoms with Crippen LogP contribution in [0.25, 0.3) is 17.0 Å². The van der Waals surface area contributed by atoms with Crippen molar-refractivity contribution in [3.05, 3.63) is 77.0 Å². The molecule has 3 N–H and O–H groups in total. The average Bonchev–Trinajstić information content (AvgIpc) is 3.12. The minimum atomic E-state index is -0.0554. The molecule has 1 aliphatic heterocycles. The van der Waals surface area contributed by atoms with Crippen molar-refractivity contribution in [1.29, 1.82) is 0 Å². The molecule has 0 saturated carbocycles. The normalized spacial score (nSPS) is 15.0. The first-order valence-corrected chi connectivity index (χ1v) is 11.3. The number of nitrogens with one attached hydrogen (secondary N) is 3. The van der Waals surface area contributed by atoms with Gasteiger partial charge in [0.05, 0.1) is 0 Å². The molecule has 1 amide bonds. The van der Waals surface area contributed by atoms with Crippen LogP contribution in [0.15, 0.2) is 54.6 Å². The van der Waals surface area contributed by atoms with Crippen LogP contribution in [0.3, 0.4) is 0 Å². The lowest BCUT2D eigenvalue weighted by Crippen LogP contribution is -2.44. The number of nitrogens with zero attached hydrogens (tertiary/aromatic N) is 1. The molecule has 1 aromatic heterocycles. The predicted molar refractivity (Wildman–Crippen MR) is 127 cm³/mol. The van der Waals surface area contributed by atoms with Crippen LogP contribution in [0.1, 0.15) is 41.6 Å². The summed E-state index contributed by atoms with van der Waals surface area (Å²) in [4.78, 5) is 15.5. The lowest BCUT2D eigenvalue weighted by atomic mass is 10.1. The number of hydrogen-bond donors (Lipinski definition) is 3. The fourth-order valence-electron chi connectivity index (χ4n) is 4.22. The van der Waals surface area contributed by atoms with E-state index in [-0.39, 0.29) is 5.91 Å². The van der Waals surface area contributed by atoms with Gasteiger partial charge >= 0.3 is 0 Å². The highest BCUT2D eigenvalue weighted by atomic mass is 16.2. The second-order valence-electron chi connectivity index (χ2n) is 8.30. The van der Waals surface area contributed by atoms with Gasteiger partial charge in [0.25, 0.3) is 5.91 Å². The Bertz CT molecular complexity index is 1030. The van der Waals surface area contributed by atoms with Gasteiger partial charge in [-0.15, -0.1) is 0 Å². The van der Waals surface area contributed by atoms with Crippen molar-refractivity contribution in [2.24, 2.45) is 0 Å². The number of aryl methyl sites for hydroxylation is 1. The molecule has 5 nitrogen and oxygen atoms in total. The van der Waals surface area contributed by atoms with E-state index in [1.165, 1.54) is 34.1 Å². The molecule has 5 heteroatoms. The summed E-state index contributed by atoms with van der Waals surface area (Å²) in [6.07, 6.45) is 8.05. The number of amides is 1. The zero-order valence-electron chi connectivity index (χ0n) is 18.3. The molecule has 2 heterocycles. The summed E-state index contributed by atoms with van der Waals surface area (Å²) in [6, 6.07) is 16.8. The molecule has 0 unspecified atom stereocenters. The number of carbonyl (C=O) groups excluding carboxylic acids is 1. The van der Waals surface area contributed by atoms with Gasteiger partial charge in [-0.25, -0.2) is 5.01 Å². The van der Waals surface area contributed by atoms with E-state index in [1.807, 2.05) is 11.1 Å². The van der Waals surface area contributed by atoms with Crippen molar-refractivity contribution in [1.82, 2.24) is 20.7 Å². The summed E-state index contributed by atoms with van der Waals surface area (Å²) in [5, 5.41) is 6.88. The summed E-state index contributed by atoms with van der Waals surface area (Å²) in [5.74, 6) is -0.0554. The molecule has 0 spiro atoms. The number of fused-ring (bicyclic) bond motifs is 1. The predicted octanol–water partition coefficient (Wildman–Crippen LogP) is 4.34. The van der Waals surface area contributed by atoms with Gasteiger partial charge in [0.1, 0.15) is 0 Å². The van der Waals surface area contributed by atoms with E-state index < -0.39 is 0 Å². The molecule has 0 radical (unpaired) electrons. The fraction of sp³-hybridized carbons (Fsp3) is 0.346. The maximum Gasteiger partial charge on any atom is 0.258 e. The smallest absolute Gasteiger partial charge is 0.258 e. The Morgan fingerprint density at radius 2 is 1.84 bits per heavy atom. The highest BCUT2D eigenvalue weighted by Crippen LogP contribution is 2.22. The number of para-hydroxylation sites is 1. The number of piperidine rings is 1. The van der Waals surface area contributed by atoms with E-state index in [1.54, 1.807) is 6.08 Å². The van der Waals surface area contributed by atoms with E-state index in [9.17, 15) is 4.79 Å². The second-order valence-corrected chi connectivity index (χ2v) is 8.30. The van der Waals surface area contributed by atoms with Gasteiger partial charge < -0.3 is 10.3 Å². The molecular formula is C26H32N4O. The number of hydrogen-bond acceptors (Lipinski definition) is 3. The van der Waals surface area contributed by atoms with Gasteiger partial charge in [-0.2, -0.15) is 0 Å². The van der Waals surface area contributed by atoms with Crippen molar-refractivity contribution < 1.29 is 4.79 Å². The van der Waals surface area contributed by atoms with Gasteiger partial charge in [-0.1, -0.05) is 48.9 Å². The highest BCUT2D eigenvalue weighted by Gasteiger charge is 2.11. The van der Waals surface area contributed by atoms with Crippen LogP contribution in [-0.2, 0) is 17.8 Å². The summed E-state index contributed by atoms with van der Waals surface area (Å²) in [5.41, 5.74) is 9.09. The molecule has 1 aliphatic rings. The number of benzene rings is 2. The molecule has 162 valence electrons. The Morgan fingerprint density at radius 1 is 1.06 bits per heavy atom. The van der Waals surface area contributed by atoms with Crippen LogP contribution in [-0.4, -0.2) is 35.5 Å². The van der Waals surface area contributed by atoms with Gasteiger partial charge in [0.2, 0.25) is 0 Å². The third-order valence-corrected chi connectivity index (χ3v) is 5.94. The molecule has 0 bridgehead atoms. The number of rotatable bonds is 8. The molecule has 4 rings (SSSR count). The van der Waals surface area contributed by atoms with Gasteiger partial charge in [0, 0.05) is 42.3 Å². The molecule has 2 aromatic carbocycles. The topological polar surface area (TPSA) is 60.2 Å². The van der Waals surface area contributed by atoms with E-state index in [0.29, 0.717) is 0 Å². The van der Waals surface area contributed by atoms with Crippen LogP contribution < -0.4 is 10.7 Å². The van der Waals surface area contributed by atoms with Crippen LogP contribution >= 0.6 is 0 Å². The third-order valence-electron chi connectivity index (χ3n) is 5.94. The zero-order chi connectivity index (χ0) is 21.5. The molecule has 31 heavy (non-hydrogen) atoms. The Hall–Kier alpha value is -2.89. The molecule has 1 fully saturated rings. The summed E-state index contributed by atoms with van der Waals surface area (Å²) in [6.45, 7) is 5.80. The second kappa shape index (κ2) is 10.4. The molecule has 3 aromatic rings. The van der Waals surface area contributed by atoms with E-state index in [0.717, 1.165) is 51.0 Å². The molecule has 1 saturated heterocycles. The Morgan fingerprint density at radius 3 is 2.65 bits per heavy atom. The van der Waals surface area contributed by atoms with Crippen LogP contribution in [0.5, 0.6) is 0 Å². The van der Waals surface area contributed by atoms with Crippen LogP contribution in [0.4, 0.5) is 0 Å². The third kappa shape index (κ3) is 5.84. The first-order chi connectivity index (χ1) is 15.2. The molecular weight excluding hydrogens is 384 g/mol. The standard InChI is InChI=1S/C26H32N4O/c1-20-23(24-7-3-4-8-25(24)28-20)15-16-27-19-22-11-9-21(10-12-22)13-14-26(31)29-30-17-5-2-6-18-30/h3-4,7-14,27-28H,2,5-6,15-19H2,1H3,(H,29,31). The fourth-order valence-corrected chi connectivity index (χ4v) is 4.22. The number of aromatic amines is 1. The summed E-state index contributed by atoms with van der Waals surface area (Å²) < 4.78 is 0. The van der Waals surface area contributed by atoms with E-state index >= 15 is 0 Å². The van der Waals surface area contributed by atoms with Crippen molar-refractivity contribution in [3.63, 3.8) is 0 Å². The minimum absolute atomic E-state index is 0.0554. The lowest BCUT2D eigenvalue weighted by Gasteiger charge is -2.26. The summed E-state index contributed by atoms with van der Waals surface area (Å²) >= 11 is 0. The van der Waals surface area contributed by atoms with Gasteiger partial charge in [-0.05, 0) is 61.6 Å². The zero-order valence-corrected chi connectivity index (χ0v) is 18.3. The first-order valence-electron chi connectivity index (χ1n) is 11.3. The Balaban J connectivity index is 1.22. The number of H-pyrrole nitrogens is 1. The van der Waals surface area contributed by atoms with Crippen LogP contribution in [0.2, 0.25) is 0 Å². The Labute approximate surface area is 184 Å². The van der Waals surface area contributed by atoms with Crippen molar-refractivity contribution in [3.8, 4) is 0 Å². The minimum Gasteiger partial charge on any atom is -0.358 e. The van der Waals surface area contributed by atoms with E-state index in [4.69, 9.17) is 0 Å². The van der Waals surface area contributed by atoms with Gasteiger partial charge in [0.15, 0.2) is 0 Å². The summed E-state index contributed by atoms with van der Waals surface area (Å²) in [7, 11) is 0. The number of hydrazine groups is 1. The van der Waals surface area contributed by atoms with Crippen molar-refractivity contribution >= 4 is 22.9 Å². The quantitative estimate of drug-likeness (QED) is 0.378. The maximum absolute atomic E-state index is 12.1. The van der Waals surface area contributed by atoms with Crippen molar-refractivity contribution in [2.75, 3.05) is 19.6 Å².